The van der Waals surface area contributed by atoms with Gasteiger partial charge >= 0.3 is 6.18 Å². The van der Waals surface area contributed by atoms with Crippen molar-refractivity contribution in [2.75, 3.05) is 10.6 Å². The Morgan fingerprint density at radius 2 is 2.14 bits per heavy atom. The number of aromatic nitrogens is 2. The Balaban J connectivity index is 1.65. The van der Waals surface area contributed by atoms with E-state index in [1.54, 1.807) is 17.5 Å². The molecule has 2 aromatic heterocycles. The minimum atomic E-state index is -4.53. The average molecular weight is 443 g/mol. The summed E-state index contributed by atoms with van der Waals surface area (Å²) in [6.45, 7) is 0. The van der Waals surface area contributed by atoms with E-state index >= 15 is 0 Å². The molecular formula is C18H14ClF3N4O2S. The number of hydrogen-bond donors (Lipinski definition) is 3. The summed E-state index contributed by atoms with van der Waals surface area (Å²) in [6.07, 6.45) is -4.77. The molecule has 0 aliphatic carbocycles. The standard InChI is InChI=1S/C18H14ClF3N4O2S/c19-9-3-4-13(27)10(6-9)24-17(28)12-8-16-23-11(14-2-1-5-29-14)7-15(18(20,21)22)26(16)25-12/h1-6,8,11,15,23,27H,7H2,(H,24,28)/t11-,15-/m1/s1. The van der Waals surface area contributed by atoms with Crippen LogP contribution in [0.25, 0.3) is 0 Å². The van der Waals surface area contributed by atoms with Crippen molar-refractivity contribution < 1.29 is 23.1 Å². The third-order valence-electron chi connectivity index (χ3n) is 4.52. The Morgan fingerprint density at radius 3 is 2.83 bits per heavy atom. The number of fused-ring (bicyclic) bond motifs is 1. The van der Waals surface area contributed by atoms with Gasteiger partial charge in [0.25, 0.3) is 5.91 Å². The maximum Gasteiger partial charge on any atom is 0.410 e. The van der Waals surface area contributed by atoms with Crippen LogP contribution >= 0.6 is 22.9 Å². The number of thiophene rings is 1. The third-order valence-corrected chi connectivity index (χ3v) is 5.74. The topological polar surface area (TPSA) is 79.2 Å². The first-order chi connectivity index (χ1) is 13.7. The highest BCUT2D eigenvalue weighted by Gasteiger charge is 2.47. The van der Waals surface area contributed by atoms with Crippen LogP contribution in [0.3, 0.4) is 0 Å². The molecule has 1 amide bonds. The summed E-state index contributed by atoms with van der Waals surface area (Å²) in [5, 5.41) is 21.2. The lowest BCUT2D eigenvalue weighted by Crippen LogP contribution is -2.35. The van der Waals surface area contributed by atoms with E-state index < -0.39 is 24.2 Å². The molecule has 1 aliphatic rings. The fourth-order valence-corrected chi connectivity index (χ4v) is 4.12. The van der Waals surface area contributed by atoms with E-state index in [1.807, 2.05) is 0 Å². The molecule has 2 atom stereocenters. The lowest BCUT2D eigenvalue weighted by molar-refractivity contribution is -0.173. The summed E-state index contributed by atoms with van der Waals surface area (Å²) >= 11 is 7.20. The van der Waals surface area contributed by atoms with Gasteiger partial charge in [-0.25, -0.2) is 4.68 Å². The number of hydrogen-bond acceptors (Lipinski definition) is 5. The molecule has 29 heavy (non-hydrogen) atoms. The van der Waals surface area contributed by atoms with Gasteiger partial charge in [-0.1, -0.05) is 17.7 Å². The SMILES string of the molecule is O=C(Nc1cc(Cl)ccc1O)c1cc2n(n1)[C@@H](C(F)(F)F)C[C@H](c1cccs1)N2. The number of alkyl halides is 3. The number of nitrogens with zero attached hydrogens (tertiary/aromatic N) is 2. The number of anilines is 2. The highest BCUT2D eigenvalue weighted by atomic mass is 35.5. The second-order valence-electron chi connectivity index (χ2n) is 6.48. The van der Waals surface area contributed by atoms with Gasteiger partial charge in [-0.05, 0) is 29.6 Å². The Hall–Kier alpha value is -2.72. The fourth-order valence-electron chi connectivity index (χ4n) is 3.16. The smallest absolute Gasteiger partial charge is 0.410 e. The van der Waals surface area contributed by atoms with Gasteiger partial charge in [0.15, 0.2) is 11.7 Å². The summed E-state index contributed by atoms with van der Waals surface area (Å²) in [5.41, 5.74) is -0.182. The van der Waals surface area contributed by atoms with Gasteiger partial charge in [0.1, 0.15) is 11.6 Å². The molecule has 11 heteroatoms. The molecule has 0 unspecified atom stereocenters. The van der Waals surface area contributed by atoms with Crippen molar-refractivity contribution in [1.29, 1.82) is 0 Å². The zero-order valence-electron chi connectivity index (χ0n) is 14.6. The summed E-state index contributed by atoms with van der Waals surface area (Å²) in [7, 11) is 0. The molecule has 0 spiro atoms. The summed E-state index contributed by atoms with van der Waals surface area (Å²) in [5.74, 6) is -0.895. The van der Waals surface area contributed by atoms with Gasteiger partial charge in [0, 0.05) is 22.4 Å². The number of benzene rings is 1. The number of phenolic OH excluding ortho intramolecular Hbond substituents is 1. The van der Waals surface area contributed by atoms with Crippen molar-refractivity contribution >= 4 is 40.4 Å². The van der Waals surface area contributed by atoms with Crippen LogP contribution in [-0.2, 0) is 0 Å². The van der Waals surface area contributed by atoms with Crippen LogP contribution < -0.4 is 10.6 Å². The highest BCUT2D eigenvalue weighted by molar-refractivity contribution is 7.10. The zero-order chi connectivity index (χ0) is 20.8. The summed E-state index contributed by atoms with van der Waals surface area (Å²) in [6, 6.07) is 6.44. The molecule has 0 bridgehead atoms. The van der Waals surface area contributed by atoms with Crippen molar-refractivity contribution in [3.8, 4) is 5.75 Å². The van der Waals surface area contributed by atoms with E-state index in [1.165, 1.54) is 35.6 Å². The Morgan fingerprint density at radius 1 is 1.34 bits per heavy atom. The summed E-state index contributed by atoms with van der Waals surface area (Å²) < 4.78 is 41.8. The quantitative estimate of drug-likeness (QED) is 0.486. The van der Waals surface area contributed by atoms with Crippen molar-refractivity contribution in [1.82, 2.24) is 9.78 Å². The first-order valence-corrected chi connectivity index (χ1v) is 9.74. The van der Waals surface area contributed by atoms with Crippen molar-refractivity contribution in [2.45, 2.75) is 24.7 Å². The van der Waals surface area contributed by atoms with Gasteiger partial charge in [-0.3, -0.25) is 4.79 Å². The largest absolute Gasteiger partial charge is 0.506 e. The van der Waals surface area contributed by atoms with Crippen LogP contribution in [0.2, 0.25) is 5.02 Å². The number of nitrogens with one attached hydrogen (secondary N) is 2. The highest BCUT2D eigenvalue weighted by Crippen LogP contribution is 2.44. The Bertz CT molecular complexity index is 1050. The van der Waals surface area contributed by atoms with Gasteiger partial charge in [-0.2, -0.15) is 18.3 Å². The van der Waals surface area contributed by atoms with Gasteiger partial charge in [0.05, 0.1) is 11.7 Å². The molecule has 4 rings (SSSR count). The molecular weight excluding hydrogens is 429 g/mol. The number of carbonyl (C=O) groups excluding carboxylic acids is 1. The second kappa shape index (κ2) is 7.27. The van der Waals surface area contributed by atoms with E-state index in [4.69, 9.17) is 11.6 Å². The van der Waals surface area contributed by atoms with E-state index in [-0.39, 0.29) is 34.4 Å². The Labute approximate surface area is 171 Å². The molecule has 0 saturated carbocycles. The molecule has 0 radical (unpaired) electrons. The second-order valence-corrected chi connectivity index (χ2v) is 7.90. The molecule has 152 valence electrons. The first-order valence-electron chi connectivity index (χ1n) is 8.48. The van der Waals surface area contributed by atoms with Crippen LogP contribution in [0.5, 0.6) is 5.75 Å². The van der Waals surface area contributed by atoms with Crippen LogP contribution in [-0.4, -0.2) is 27.0 Å². The Kier molecular flexibility index (Phi) is 4.91. The number of rotatable bonds is 3. The number of amides is 1. The molecule has 0 saturated heterocycles. The van der Waals surface area contributed by atoms with E-state index in [0.29, 0.717) is 0 Å². The maximum atomic E-state index is 13.7. The predicted molar refractivity (Wildman–Crippen MR) is 104 cm³/mol. The number of carbonyl (C=O) groups is 1. The third kappa shape index (κ3) is 3.90. The van der Waals surface area contributed by atoms with Crippen molar-refractivity contribution in [3.63, 3.8) is 0 Å². The first kappa shape index (κ1) is 19.6. The lowest BCUT2D eigenvalue weighted by Gasteiger charge is -2.32. The van der Waals surface area contributed by atoms with Crippen molar-refractivity contribution in [2.24, 2.45) is 0 Å². The number of phenols is 1. The van der Waals surface area contributed by atoms with Gasteiger partial charge < -0.3 is 15.7 Å². The van der Waals surface area contributed by atoms with E-state index in [0.717, 1.165) is 9.56 Å². The van der Waals surface area contributed by atoms with Gasteiger partial charge in [-0.15, -0.1) is 11.3 Å². The maximum absolute atomic E-state index is 13.7. The molecule has 1 aromatic carbocycles. The van der Waals surface area contributed by atoms with Crippen molar-refractivity contribution in [3.05, 3.63) is 57.4 Å². The van der Waals surface area contributed by atoms with Crippen LogP contribution in [0.15, 0.2) is 41.8 Å². The van der Waals surface area contributed by atoms with Crippen LogP contribution in [0.4, 0.5) is 24.7 Å². The molecule has 3 aromatic rings. The van der Waals surface area contributed by atoms with Crippen LogP contribution in [0, 0.1) is 0 Å². The summed E-state index contributed by atoms with van der Waals surface area (Å²) in [4.78, 5) is 13.3. The molecule has 3 heterocycles. The normalized spacial score (nSPS) is 18.8. The molecule has 0 fully saturated rings. The molecule has 6 nitrogen and oxygen atoms in total. The minimum absolute atomic E-state index is 0.0327. The van der Waals surface area contributed by atoms with E-state index in [9.17, 15) is 23.1 Å². The minimum Gasteiger partial charge on any atom is -0.506 e. The zero-order valence-corrected chi connectivity index (χ0v) is 16.1. The predicted octanol–water partition coefficient (Wildman–Crippen LogP) is 5.22. The van der Waals surface area contributed by atoms with Gasteiger partial charge in [0.2, 0.25) is 0 Å². The lowest BCUT2D eigenvalue weighted by atomic mass is 10.0. The molecule has 3 N–H and O–H groups in total. The number of halogens is 4. The fraction of sp³-hybridized carbons (Fsp3) is 0.222. The average Bonchev–Trinajstić information content (AvgIpc) is 3.32. The monoisotopic (exact) mass is 442 g/mol. The number of aromatic hydroxyl groups is 1. The molecule has 1 aliphatic heterocycles. The van der Waals surface area contributed by atoms with Crippen LogP contribution in [0.1, 0.15) is 33.9 Å². The van der Waals surface area contributed by atoms with E-state index in [2.05, 4.69) is 15.7 Å².